The molecule has 3 rings (SSSR count). The Hall–Kier alpha value is -2.75. The second-order valence-electron chi connectivity index (χ2n) is 9.26. The lowest BCUT2D eigenvalue weighted by atomic mass is 10.2. The molecule has 1 aromatic carbocycles. The maximum absolute atomic E-state index is 5.50. The van der Waals surface area contributed by atoms with Gasteiger partial charge < -0.3 is 25.1 Å². The summed E-state index contributed by atoms with van der Waals surface area (Å²) in [6.07, 6.45) is 12.2. The van der Waals surface area contributed by atoms with Gasteiger partial charge in [0, 0.05) is 50.6 Å². The number of anilines is 1. The van der Waals surface area contributed by atoms with Gasteiger partial charge in [-0.25, -0.2) is 9.97 Å². The molecule has 36 heavy (non-hydrogen) atoms. The molecule has 0 unspecified atom stereocenters. The highest BCUT2D eigenvalue weighted by Crippen LogP contribution is 2.15. The van der Waals surface area contributed by atoms with Crippen LogP contribution in [0.15, 0.2) is 49.1 Å². The Balaban J connectivity index is 1.43. The molecule has 0 bridgehead atoms. The van der Waals surface area contributed by atoms with Crippen molar-refractivity contribution in [3.63, 3.8) is 0 Å². The first-order valence-electron chi connectivity index (χ1n) is 13.1. The highest BCUT2D eigenvalue weighted by molar-refractivity contribution is 7.80. The minimum Gasteiger partial charge on any atom is -0.362 e. The number of H-pyrrole nitrogens is 1. The van der Waals surface area contributed by atoms with E-state index in [-0.39, 0.29) is 0 Å². The fourth-order valence-electron chi connectivity index (χ4n) is 4.27. The zero-order valence-corrected chi connectivity index (χ0v) is 22.9. The first-order valence-corrected chi connectivity index (χ1v) is 13.5. The number of aromatic amines is 1. The van der Waals surface area contributed by atoms with Crippen LogP contribution in [0.3, 0.4) is 0 Å². The van der Waals surface area contributed by atoms with Crippen LogP contribution in [0.25, 0.3) is 0 Å². The second-order valence-corrected chi connectivity index (χ2v) is 9.67. The number of imidazole rings is 2. The number of nitrogens with zero attached hydrogens (tertiary/aromatic N) is 5. The highest BCUT2D eigenvalue weighted by atomic mass is 32.1. The Labute approximate surface area is 221 Å². The summed E-state index contributed by atoms with van der Waals surface area (Å²) in [4.78, 5) is 17.0. The summed E-state index contributed by atoms with van der Waals surface area (Å²) < 4.78 is 2.06. The largest absolute Gasteiger partial charge is 0.362 e. The number of aromatic nitrogens is 4. The van der Waals surface area contributed by atoms with Crippen molar-refractivity contribution in [3.8, 4) is 0 Å². The smallest absolute Gasteiger partial charge is 0.170 e. The minimum atomic E-state index is 0.677. The standard InChI is InChI=1S/C27H42N8S/c1-4-16-34(17-5-2)18-7-6-12-31-27(36)32-24-10-8-23(9-11-24)20-35(21-25-28-13-14-29-25)22-26-30-15-19-33(26)3/h8-11,13-15,19H,4-7,12,16-18,20-22H2,1-3H3,(H,28,29)(H2,31,32,36). The van der Waals surface area contributed by atoms with E-state index in [0.29, 0.717) is 5.11 Å². The van der Waals surface area contributed by atoms with E-state index >= 15 is 0 Å². The van der Waals surface area contributed by atoms with Crippen LogP contribution in [0.2, 0.25) is 0 Å². The number of aryl methyl sites for hydroxylation is 1. The monoisotopic (exact) mass is 510 g/mol. The van der Waals surface area contributed by atoms with Crippen molar-refractivity contribution in [1.29, 1.82) is 0 Å². The Kier molecular flexibility index (Phi) is 11.9. The zero-order chi connectivity index (χ0) is 25.6. The summed E-state index contributed by atoms with van der Waals surface area (Å²) >= 11 is 5.50. The van der Waals surface area contributed by atoms with Crippen molar-refractivity contribution in [3.05, 3.63) is 66.3 Å². The van der Waals surface area contributed by atoms with Gasteiger partial charge in [-0.15, -0.1) is 0 Å². The van der Waals surface area contributed by atoms with Gasteiger partial charge in [-0.3, -0.25) is 4.90 Å². The summed E-state index contributed by atoms with van der Waals surface area (Å²) in [5, 5.41) is 7.33. The Morgan fingerprint density at radius 1 is 0.944 bits per heavy atom. The normalized spacial score (nSPS) is 11.4. The lowest BCUT2D eigenvalue weighted by Crippen LogP contribution is -2.30. The molecule has 2 heterocycles. The van der Waals surface area contributed by atoms with E-state index in [4.69, 9.17) is 12.2 Å². The van der Waals surface area contributed by atoms with Gasteiger partial charge in [0.2, 0.25) is 0 Å². The summed E-state index contributed by atoms with van der Waals surface area (Å²) in [7, 11) is 2.03. The SMILES string of the molecule is CCCN(CCC)CCCCNC(=S)Nc1ccc(CN(Cc2ncc[nH]2)Cc2nccn2C)cc1. The minimum absolute atomic E-state index is 0.677. The summed E-state index contributed by atoms with van der Waals surface area (Å²) in [6, 6.07) is 8.47. The van der Waals surface area contributed by atoms with Crippen LogP contribution in [0.1, 0.15) is 56.7 Å². The fourth-order valence-corrected chi connectivity index (χ4v) is 4.49. The predicted molar refractivity (Wildman–Crippen MR) is 152 cm³/mol. The van der Waals surface area contributed by atoms with Crippen LogP contribution in [-0.4, -0.2) is 60.6 Å². The van der Waals surface area contributed by atoms with E-state index in [2.05, 4.69) is 78.1 Å². The van der Waals surface area contributed by atoms with E-state index in [1.54, 1.807) is 6.20 Å². The Bertz CT molecular complexity index is 993. The number of hydrogen-bond donors (Lipinski definition) is 3. The third kappa shape index (κ3) is 9.72. The molecule has 0 amide bonds. The van der Waals surface area contributed by atoms with E-state index in [1.165, 1.54) is 44.5 Å². The molecule has 3 aromatic rings. The van der Waals surface area contributed by atoms with Gasteiger partial charge in [0.05, 0.1) is 13.1 Å². The topological polar surface area (TPSA) is 77.0 Å². The lowest BCUT2D eigenvalue weighted by Gasteiger charge is -2.21. The maximum atomic E-state index is 5.50. The van der Waals surface area contributed by atoms with Gasteiger partial charge in [-0.05, 0) is 75.2 Å². The van der Waals surface area contributed by atoms with Gasteiger partial charge in [-0.2, -0.15) is 0 Å². The number of nitrogens with one attached hydrogen (secondary N) is 3. The molecular formula is C27H42N8S. The number of hydrogen-bond acceptors (Lipinski definition) is 5. The van der Waals surface area contributed by atoms with Gasteiger partial charge in [0.25, 0.3) is 0 Å². The summed E-state index contributed by atoms with van der Waals surface area (Å²) in [5.41, 5.74) is 2.22. The van der Waals surface area contributed by atoms with Crippen LogP contribution in [0.5, 0.6) is 0 Å². The molecule has 9 heteroatoms. The van der Waals surface area contributed by atoms with Gasteiger partial charge in [0.15, 0.2) is 5.11 Å². The molecule has 0 fully saturated rings. The van der Waals surface area contributed by atoms with Gasteiger partial charge in [-0.1, -0.05) is 26.0 Å². The quantitative estimate of drug-likeness (QED) is 0.193. The lowest BCUT2D eigenvalue weighted by molar-refractivity contribution is 0.233. The molecule has 0 saturated heterocycles. The fraction of sp³-hybridized carbons (Fsp3) is 0.519. The molecule has 0 saturated carbocycles. The third-order valence-electron chi connectivity index (χ3n) is 6.10. The average molecular weight is 511 g/mol. The van der Waals surface area contributed by atoms with Crippen molar-refractivity contribution in [1.82, 2.24) is 34.6 Å². The molecule has 0 spiro atoms. The van der Waals surface area contributed by atoms with E-state index in [1.807, 2.05) is 25.6 Å². The summed E-state index contributed by atoms with van der Waals surface area (Å²) in [5.74, 6) is 1.97. The first-order chi connectivity index (χ1) is 17.6. The van der Waals surface area contributed by atoms with Crippen LogP contribution in [-0.2, 0) is 26.7 Å². The molecule has 0 aliphatic carbocycles. The highest BCUT2D eigenvalue weighted by Gasteiger charge is 2.12. The third-order valence-corrected chi connectivity index (χ3v) is 6.34. The van der Waals surface area contributed by atoms with E-state index in [0.717, 1.165) is 49.9 Å². The molecule has 8 nitrogen and oxygen atoms in total. The van der Waals surface area contributed by atoms with Crippen molar-refractivity contribution >= 4 is 23.0 Å². The molecule has 196 valence electrons. The van der Waals surface area contributed by atoms with Crippen LogP contribution < -0.4 is 10.6 Å². The molecule has 0 atom stereocenters. The molecule has 0 aliphatic rings. The Morgan fingerprint density at radius 2 is 1.72 bits per heavy atom. The maximum Gasteiger partial charge on any atom is 0.170 e. The summed E-state index contributed by atoms with van der Waals surface area (Å²) in [6.45, 7) is 11.2. The molecule has 0 radical (unpaired) electrons. The first kappa shape index (κ1) is 27.8. The van der Waals surface area contributed by atoms with Gasteiger partial charge in [0.1, 0.15) is 11.6 Å². The number of benzene rings is 1. The average Bonchev–Trinajstić information content (AvgIpc) is 3.52. The number of thiocarbonyl (C=S) groups is 1. The predicted octanol–water partition coefficient (Wildman–Crippen LogP) is 4.53. The van der Waals surface area contributed by atoms with E-state index < -0.39 is 0 Å². The number of rotatable bonds is 16. The molecular weight excluding hydrogens is 468 g/mol. The molecule has 2 aromatic heterocycles. The van der Waals surface area contributed by atoms with Gasteiger partial charge >= 0.3 is 0 Å². The van der Waals surface area contributed by atoms with Crippen molar-refractivity contribution < 1.29 is 0 Å². The van der Waals surface area contributed by atoms with Crippen molar-refractivity contribution in [2.24, 2.45) is 7.05 Å². The van der Waals surface area contributed by atoms with Crippen molar-refractivity contribution in [2.75, 3.05) is 31.5 Å². The van der Waals surface area contributed by atoms with Crippen molar-refractivity contribution in [2.45, 2.75) is 59.2 Å². The molecule has 3 N–H and O–H groups in total. The van der Waals surface area contributed by atoms with Crippen LogP contribution in [0, 0.1) is 0 Å². The number of unbranched alkanes of at least 4 members (excludes halogenated alkanes) is 1. The molecule has 0 aliphatic heterocycles. The van der Waals surface area contributed by atoms with Crippen LogP contribution in [0.4, 0.5) is 5.69 Å². The zero-order valence-electron chi connectivity index (χ0n) is 22.0. The second kappa shape index (κ2) is 15.4. The van der Waals surface area contributed by atoms with E-state index in [9.17, 15) is 0 Å². The van der Waals surface area contributed by atoms with Crippen LogP contribution >= 0.6 is 12.2 Å². The Morgan fingerprint density at radius 3 is 2.36 bits per heavy atom.